The highest BCUT2D eigenvalue weighted by Gasteiger charge is 2.08. The fourth-order valence-electron chi connectivity index (χ4n) is 0.736. The molecule has 1 N–H and O–H groups in total. The molecule has 0 aliphatic carbocycles. The number of ketones is 1. The molecule has 0 saturated heterocycles. The van der Waals surface area contributed by atoms with Crippen LogP contribution in [-0.2, 0) is 9.59 Å². The van der Waals surface area contributed by atoms with Crippen LogP contribution in [0.3, 0.4) is 0 Å². The van der Waals surface area contributed by atoms with Crippen LogP contribution in [0.5, 0.6) is 0 Å². The van der Waals surface area contributed by atoms with Gasteiger partial charge in [-0.3, -0.25) is 9.59 Å². The van der Waals surface area contributed by atoms with Crippen molar-refractivity contribution in [3.63, 3.8) is 0 Å². The number of rotatable bonds is 4. The molecule has 0 spiro atoms. The summed E-state index contributed by atoms with van der Waals surface area (Å²) in [5.41, 5.74) is 0.313. The van der Waals surface area contributed by atoms with Gasteiger partial charge in [0.2, 0.25) is 0 Å². The predicted molar refractivity (Wildman–Crippen MR) is 44.7 cm³/mol. The number of hydrogen-bond acceptors (Lipinski definition) is 3. The van der Waals surface area contributed by atoms with E-state index in [1.54, 1.807) is 19.0 Å². The minimum atomic E-state index is -0.988. The molecule has 0 aliphatic rings. The Morgan fingerprint density at radius 1 is 1.42 bits per heavy atom. The van der Waals surface area contributed by atoms with Gasteiger partial charge in [0, 0.05) is 25.9 Å². The molecule has 0 heterocycles. The van der Waals surface area contributed by atoms with Crippen molar-refractivity contribution < 1.29 is 14.7 Å². The van der Waals surface area contributed by atoms with Crippen molar-refractivity contribution in [3.8, 4) is 0 Å². The lowest BCUT2D eigenvalue weighted by molar-refractivity contribution is -0.136. The predicted octanol–water partition coefficient (Wildman–Crippen LogP) is 0.496. The molecule has 0 aliphatic heterocycles. The van der Waals surface area contributed by atoms with Crippen LogP contribution < -0.4 is 0 Å². The molecule has 0 bridgehead atoms. The molecule has 0 unspecified atom stereocenters. The molecule has 0 aromatic heterocycles. The Balaban J connectivity index is 4.44. The van der Waals surface area contributed by atoms with Crippen molar-refractivity contribution in [2.45, 2.75) is 13.3 Å². The lowest BCUT2D eigenvalue weighted by Crippen LogP contribution is -2.10. The zero-order valence-electron chi connectivity index (χ0n) is 7.50. The number of hydrogen-bond donors (Lipinski definition) is 1. The number of nitrogens with zero attached hydrogens (tertiary/aromatic N) is 1. The van der Waals surface area contributed by atoms with Crippen molar-refractivity contribution in [2.75, 3.05) is 14.1 Å². The summed E-state index contributed by atoms with van der Waals surface area (Å²) in [6.07, 6.45) is 1.31. The molecular formula is C8H13NO3. The Labute approximate surface area is 71.5 Å². The third-order valence-corrected chi connectivity index (χ3v) is 1.21. The van der Waals surface area contributed by atoms with Crippen molar-refractivity contribution in [2.24, 2.45) is 0 Å². The van der Waals surface area contributed by atoms with Crippen molar-refractivity contribution in [1.29, 1.82) is 0 Å². The van der Waals surface area contributed by atoms with Crippen LogP contribution in [0.4, 0.5) is 0 Å². The molecule has 0 radical (unpaired) electrons. The second-order valence-electron chi connectivity index (χ2n) is 2.74. The first-order valence-electron chi connectivity index (χ1n) is 3.53. The van der Waals surface area contributed by atoms with E-state index in [9.17, 15) is 9.59 Å². The summed E-state index contributed by atoms with van der Waals surface area (Å²) in [5.74, 6) is -1.19. The fourth-order valence-corrected chi connectivity index (χ4v) is 0.736. The molecule has 0 fully saturated rings. The second-order valence-corrected chi connectivity index (χ2v) is 2.74. The lowest BCUT2D eigenvalue weighted by atomic mass is 10.1. The van der Waals surface area contributed by atoms with Gasteiger partial charge in [-0.2, -0.15) is 0 Å². The maximum atomic E-state index is 10.9. The quantitative estimate of drug-likeness (QED) is 0.625. The first-order valence-corrected chi connectivity index (χ1v) is 3.53. The van der Waals surface area contributed by atoms with Gasteiger partial charge in [-0.05, 0) is 6.92 Å². The number of carbonyl (C=O) groups is 2. The van der Waals surface area contributed by atoms with E-state index in [2.05, 4.69) is 0 Å². The summed E-state index contributed by atoms with van der Waals surface area (Å²) in [6.45, 7) is 1.36. The molecule has 68 valence electrons. The Bertz CT molecular complexity index is 218. The third-order valence-electron chi connectivity index (χ3n) is 1.21. The minimum Gasteiger partial charge on any atom is -0.481 e. The molecule has 12 heavy (non-hydrogen) atoms. The van der Waals surface area contributed by atoms with Gasteiger partial charge in [0.05, 0.1) is 6.42 Å². The summed E-state index contributed by atoms with van der Waals surface area (Å²) in [5, 5.41) is 8.43. The Hall–Kier alpha value is -1.32. The highest BCUT2D eigenvalue weighted by Crippen LogP contribution is 2.03. The van der Waals surface area contributed by atoms with Crippen LogP contribution in [0.2, 0.25) is 0 Å². The van der Waals surface area contributed by atoms with Gasteiger partial charge in [-0.25, -0.2) is 0 Å². The van der Waals surface area contributed by atoms with E-state index in [1.807, 2.05) is 0 Å². The zero-order valence-corrected chi connectivity index (χ0v) is 7.50. The van der Waals surface area contributed by atoms with Crippen LogP contribution in [0.25, 0.3) is 0 Å². The van der Waals surface area contributed by atoms with Crippen LogP contribution in [0, 0.1) is 0 Å². The van der Waals surface area contributed by atoms with Gasteiger partial charge in [0.1, 0.15) is 0 Å². The average Bonchev–Trinajstić information content (AvgIpc) is 1.83. The topological polar surface area (TPSA) is 57.6 Å². The van der Waals surface area contributed by atoms with Gasteiger partial charge in [0.15, 0.2) is 5.78 Å². The highest BCUT2D eigenvalue weighted by molar-refractivity contribution is 5.97. The summed E-state index contributed by atoms with van der Waals surface area (Å²) < 4.78 is 0. The smallest absolute Gasteiger partial charge is 0.308 e. The average molecular weight is 171 g/mol. The van der Waals surface area contributed by atoms with Gasteiger partial charge in [-0.1, -0.05) is 0 Å². The van der Waals surface area contributed by atoms with Gasteiger partial charge < -0.3 is 10.0 Å². The van der Waals surface area contributed by atoms with Crippen molar-refractivity contribution in [1.82, 2.24) is 4.90 Å². The zero-order chi connectivity index (χ0) is 9.72. The summed E-state index contributed by atoms with van der Waals surface area (Å²) in [7, 11) is 3.48. The number of Topliss-reactive ketones (excluding diaryl/α,β-unsaturated/α-hetero) is 1. The molecule has 4 heteroatoms. The van der Waals surface area contributed by atoms with E-state index in [4.69, 9.17) is 5.11 Å². The molecule has 0 rings (SSSR count). The summed E-state index contributed by atoms with van der Waals surface area (Å²) in [6, 6.07) is 0. The Morgan fingerprint density at radius 3 is 2.17 bits per heavy atom. The van der Waals surface area contributed by atoms with E-state index in [0.29, 0.717) is 5.57 Å². The Morgan fingerprint density at radius 2 is 1.92 bits per heavy atom. The van der Waals surface area contributed by atoms with E-state index in [-0.39, 0.29) is 12.2 Å². The van der Waals surface area contributed by atoms with Crippen molar-refractivity contribution >= 4 is 11.8 Å². The SMILES string of the molecule is CC(=O)/C(=C\N(C)C)CC(=O)O. The second kappa shape index (κ2) is 4.54. The molecule has 0 amide bonds. The summed E-state index contributed by atoms with van der Waals surface area (Å²) in [4.78, 5) is 22.8. The third kappa shape index (κ3) is 4.49. The lowest BCUT2D eigenvalue weighted by Gasteiger charge is -2.07. The van der Waals surface area contributed by atoms with Crippen molar-refractivity contribution in [3.05, 3.63) is 11.8 Å². The highest BCUT2D eigenvalue weighted by atomic mass is 16.4. The van der Waals surface area contributed by atoms with Crippen LogP contribution in [0.15, 0.2) is 11.8 Å². The molecule has 0 aromatic carbocycles. The number of carbonyl (C=O) groups excluding carboxylic acids is 1. The maximum absolute atomic E-state index is 10.9. The minimum absolute atomic E-state index is 0.203. The largest absolute Gasteiger partial charge is 0.481 e. The number of aliphatic carboxylic acids is 1. The van der Waals surface area contributed by atoms with E-state index in [1.165, 1.54) is 13.1 Å². The van der Waals surface area contributed by atoms with Gasteiger partial charge in [0.25, 0.3) is 0 Å². The standard InChI is InChI=1S/C8H13NO3/c1-6(10)7(4-8(11)12)5-9(2)3/h5H,4H2,1-3H3,(H,11,12)/b7-5-. The maximum Gasteiger partial charge on any atom is 0.308 e. The molecule has 0 saturated carbocycles. The molecule has 4 nitrogen and oxygen atoms in total. The molecule has 0 aromatic rings. The monoisotopic (exact) mass is 171 g/mol. The van der Waals surface area contributed by atoms with E-state index in [0.717, 1.165) is 0 Å². The van der Waals surface area contributed by atoms with Crippen LogP contribution in [-0.4, -0.2) is 35.9 Å². The first-order chi connectivity index (χ1) is 5.43. The van der Waals surface area contributed by atoms with Crippen LogP contribution in [0.1, 0.15) is 13.3 Å². The number of carboxylic acid groups (broad SMARTS) is 1. The number of carboxylic acids is 1. The van der Waals surface area contributed by atoms with Gasteiger partial charge in [-0.15, -0.1) is 0 Å². The Kier molecular flexibility index (Phi) is 4.04. The van der Waals surface area contributed by atoms with E-state index >= 15 is 0 Å². The normalized spacial score (nSPS) is 11.1. The fraction of sp³-hybridized carbons (Fsp3) is 0.500. The summed E-state index contributed by atoms with van der Waals surface area (Å²) >= 11 is 0. The molecule has 0 atom stereocenters. The van der Waals surface area contributed by atoms with E-state index < -0.39 is 5.97 Å². The van der Waals surface area contributed by atoms with Crippen LogP contribution >= 0.6 is 0 Å². The molecular weight excluding hydrogens is 158 g/mol. The first kappa shape index (κ1) is 10.7. The van der Waals surface area contributed by atoms with Gasteiger partial charge >= 0.3 is 5.97 Å².